The maximum Gasteiger partial charge on any atom is 0.242 e. The van der Waals surface area contributed by atoms with Crippen molar-refractivity contribution in [2.24, 2.45) is 13.0 Å². The topological polar surface area (TPSA) is 89.3 Å². The number of amides is 2. The van der Waals surface area contributed by atoms with E-state index in [1.54, 1.807) is 11.8 Å². The molecule has 2 amide bonds. The molecule has 1 saturated carbocycles. The van der Waals surface area contributed by atoms with Crippen LogP contribution in [0.5, 0.6) is 5.88 Å². The molecule has 2 aromatic rings. The van der Waals surface area contributed by atoms with Crippen LogP contribution in [0.15, 0.2) is 0 Å². The molecule has 2 fully saturated rings. The van der Waals surface area contributed by atoms with E-state index in [0.29, 0.717) is 37.9 Å². The third-order valence-electron chi connectivity index (χ3n) is 6.45. The second-order valence-corrected chi connectivity index (χ2v) is 8.57. The Morgan fingerprint density at radius 1 is 1.17 bits per heavy atom. The van der Waals surface area contributed by atoms with E-state index in [-0.39, 0.29) is 17.7 Å². The van der Waals surface area contributed by atoms with Crippen molar-refractivity contribution in [3.05, 3.63) is 16.8 Å². The Morgan fingerprint density at radius 3 is 2.50 bits per heavy atom. The lowest BCUT2D eigenvalue weighted by Crippen LogP contribution is -2.43. The molecular weight excluding hydrogens is 382 g/mol. The average molecular weight is 414 g/mol. The van der Waals surface area contributed by atoms with Crippen molar-refractivity contribution in [1.29, 1.82) is 0 Å². The predicted octanol–water partition coefficient (Wildman–Crippen LogP) is 2.04. The standard InChI is InChI=1S/C22H31N5O3/c1-13-17(14(2)23-20-19(13)22(30-4)25-26(20)3)7-8-18(28)27-11-9-15(10-12-27)21(29)24-16-5-6-16/h15-16H,5-12H2,1-4H3,(H,24,29). The highest BCUT2D eigenvalue weighted by molar-refractivity contribution is 5.86. The van der Waals surface area contributed by atoms with Gasteiger partial charge in [0.1, 0.15) is 0 Å². The summed E-state index contributed by atoms with van der Waals surface area (Å²) in [5.74, 6) is 0.925. The van der Waals surface area contributed by atoms with Crippen LogP contribution >= 0.6 is 0 Å². The Kier molecular flexibility index (Phi) is 5.66. The van der Waals surface area contributed by atoms with E-state index in [2.05, 4.69) is 10.4 Å². The number of fused-ring (bicyclic) bond motifs is 1. The SMILES string of the molecule is COc1nn(C)c2nc(C)c(CCC(=O)N3CCC(C(=O)NC4CC4)CC3)c(C)c12. The number of hydrogen-bond acceptors (Lipinski definition) is 5. The molecule has 0 aromatic carbocycles. The van der Waals surface area contributed by atoms with Crippen LogP contribution in [0.3, 0.4) is 0 Å². The molecule has 0 spiro atoms. The molecule has 2 aromatic heterocycles. The minimum absolute atomic E-state index is 0.0452. The monoisotopic (exact) mass is 413 g/mol. The Labute approximate surface area is 177 Å². The first-order chi connectivity index (χ1) is 14.4. The van der Waals surface area contributed by atoms with Crippen LogP contribution in [0, 0.1) is 19.8 Å². The van der Waals surface area contributed by atoms with Crippen molar-refractivity contribution < 1.29 is 14.3 Å². The third-order valence-corrected chi connectivity index (χ3v) is 6.45. The quantitative estimate of drug-likeness (QED) is 0.783. The Hall–Kier alpha value is -2.64. The number of nitrogens with one attached hydrogen (secondary N) is 1. The molecule has 30 heavy (non-hydrogen) atoms. The van der Waals surface area contributed by atoms with Crippen molar-refractivity contribution in [3.8, 4) is 5.88 Å². The summed E-state index contributed by atoms with van der Waals surface area (Å²) in [6, 6.07) is 0.396. The van der Waals surface area contributed by atoms with Crippen LogP contribution in [0.25, 0.3) is 11.0 Å². The number of hydrogen-bond donors (Lipinski definition) is 1. The molecule has 3 heterocycles. The van der Waals surface area contributed by atoms with Gasteiger partial charge >= 0.3 is 0 Å². The maximum atomic E-state index is 12.8. The van der Waals surface area contributed by atoms with E-state index in [4.69, 9.17) is 9.72 Å². The predicted molar refractivity (Wildman–Crippen MR) is 113 cm³/mol. The van der Waals surface area contributed by atoms with E-state index in [0.717, 1.165) is 53.5 Å². The minimum Gasteiger partial charge on any atom is -0.479 e. The van der Waals surface area contributed by atoms with Crippen molar-refractivity contribution >= 4 is 22.8 Å². The summed E-state index contributed by atoms with van der Waals surface area (Å²) in [4.78, 5) is 31.7. The fourth-order valence-electron chi connectivity index (χ4n) is 4.44. The molecule has 1 aliphatic carbocycles. The Bertz CT molecular complexity index is 971. The zero-order valence-corrected chi connectivity index (χ0v) is 18.3. The number of aryl methyl sites for hydroxylation is 3. The molecule has 1 saturated heterocycles. The molecule has 0 atom stereocenters. The minimum atomic E-state index is 0.0452. The molecule has 2 aliphatic rings. The van der Waals surface area contributed by atoms with Crippen LogP contribution in [0.1, 0.15) is 48.9 Å². The highest BCUT2D eigenvalue weighted by Gasteiger charge is 2.31. The number of carbonyl (C=O) groups excluding carboxylic acids is 2. The number of nitrogens with zero attached hydrogens (tertiary/aromatic N) is 4. The smallest absolute Gasteiger partial charge is 0.242 e. The van der Waals surface area contributed by atoms with Gasteiger partial charge in [-0.05, 0) is 57.1 Å². The third kappa shape index (κ3) is 4.00. The van der Waals surface area contributed by atoms with Crippen molar-refractivity contribution in [2.45, 2.75) is 58.4 Å². The van der Waals surface area contributed by atoms with Gasteiger partial charge in [0.15, 0.2) is 5.65 Å². The van der Waals surface area contributed by atoms with Gasteiger partial charge in [0.2, 0.25) is 17.7 Å². The summed E-state index contributed by atoms with van der Waals surface area (Å²) in [5.41, 5.74) is 3.88. The number of aromatic nitrogens is 3. The van der Waals surface area contributed by atoms with Gasteiger partial charge in [-0.3, -0.25) is 9.59 Å². The lowest BCUT2D eigenvalue weighted by molar-refractivity contribution is -0.135. The molecule has 0 unspecified atom stereocenters. The molecule has 4 rings (SSSR count). The Balaban J connectivity index is 1.38. The first kappa shape index (κ1) is 20.6. The van der Waals surface area contributed by atoms with Crippen molar-refractivity contribution in [2.75, 3.05) is 20.2 Å². The molecule has 0 radical (unpaired) electrons. The van der Waals surface area contributed by atoms with Crippen LogP contribution < -0.4 is 10.1 Å². The van der Waals surface area contributed by atoms with Gasteiger partial charge in [-0.25, -0.2) is 9.67 Å². The summed E-state index contributed by atoms with van der Waals surface area (Å²) >= 11 is 0. The summed E-state index contributed by atoms with van der Waals surface area (Å²) < 4.78 is 7.15. The zero-order valence-electron chi connectivity index (χ0n) is 18.3. The molecule has 8 nitrogen and oxygen atoms in total. The number of methoxy groups -OCH3 is 1. The van der Waals surface area contributed by atoms with Gasteiger partial charge in [-0.1, -0.05) is 0 Å². The van der Waals surface area contributed by atoms with Gasteiger partial charge in [-0.2, -0.15) is 0 Å². The number of pyridine rings is 1. The Morgan fingerprint density at radius 2 is 1.87 bits per heavy atom. The highest BCUT2D eigenvalue weighted by atomic mass is 16.5. The van der Waals surface area contributed by atoms with Crippen molar-refractivity contribution in [1.82, 2.24) is 25.0 Å². The first-order valence-corrected chi connectivity index (χ1v) is 10.8. The summed E-state index contributed by atoms with van der Waals surface area (Å²) in [6.45, 7) is 5.35. The van der Waals surface area contributed by atoms with Gasteiger partial charge in [0, 0.05) is 44.2 Å². The average Bonchev–Trinajstić information content (AvgIpc) is 3.49. The summed E-state index contributed by atoms with van der Waals surface area (Å²) in [6.07, 6.45) is 4.79. The molecular formula is C22H31N5O3. The van der Waals surface area contributed by atoms with E-state index in [1.165, 1.54) is 0 Å². The number of carbonyl (C=O) groups is 2. The summed E-state index contributed by atoms with van der Waals surface area (Å²) in [5, 5.41) is 8.39. The van der Waals surface area contributed by atoms with Crippen LogP contribution in [-0.2, 0) is 23.1 Å². The van der Waals surface area contributed by atoms with E-state index < -0.39 is 0 Å². The maximum absolute atomic E-state index is 12.8. The number of piperidine rings is 1. The molecule has 162 valence electrons. The lowest BCUT2D eigenvalue weighted by atomic mass is 9.95. The summed E-state index contributed by atoms with van der Waals surface area (Å²) in [7, 11) is 3.47. The lowest BCUT2D eigenvalue weighted by Gasteiger charge is -2.31. The van der Waals surface area contributed by atoms with E-state index in [9.17, 15) is 9.59 Å². The van der Waals surface area contributed by atoms with E-state index in [1.807, 2.05) is 25.8 Å². The first-order valence-electron chi connectivity index (χ1n) is 10.8. The highest BCUT2D eigenvalue weighted by Crippen LogP contribution is 2.30. The van der Waals surface area contributed by atoms with Gasteiger partial charge in [0.05, 0.1) is 12.5 Å². The van der Waals surface area contributed by atoms with Crippen LogP contribution in [0.2, 0.25) is 0 Å². The van der Waals surface area contributed by atoms with Gasteiger partial charge < -0.3 is 15.0 Å². The van der Waals surface area contributed by atoms with Crippen LogP contribution in [-0.4, -0.2) is 57.7 Å². The second kappa shape index (κ2) is 8.24. The molecule has 8 heteroatoms. The fourth-order valence-corrected chi connectivity index (χ4v) is 4.44. The molecule has 1 aliphatic heterocycles. The largest absolute Gasteiger partial charge is 0.479 e. The fraction of sp³-hybridized carbons (Fsp3) is 0.636. The normalized spacial score (nSPS) is 17.4. The number of ether oxygens (including phenoxy) is 1. The van der Waals surface area contributed by atoms with E-state index >= 15 is 0 Å². The second-order valence-electron chi connectivity index (χ2n) is 8.57. The van der Waals surface area contributed by atoms with Gasteiger partial charge in [0.25, 0.3) is 0 Å². The number of likely N-dealkylation sites (tertiary alicyclic amines) is 1. The molecule has 1 N–H and O–H groups in total. The van der Waals surface area contributed by atoms with Crippen molar-refractivity contribution in [3.63, 3.8) is 0 Å². The molecule has 0 bridgehead atoms. The van der Waals surface area contributed by atoms with Crippen LogP contribution in [0.4, 0.5) is 0 Å². The zero-order chi connectivity index (χ0) is 21.4. The number of rotatable bonds is 6. The van der Waals surface area contributed by atoms with Gasteiger partial charge in [-0.15, -0.1) is 5.10 Å².